The zero-order valence-corrected chi connectivity index (χ0v) is 10.6. The van der Waals surface area contributed by atoms with Crippen LogP contribution in [0.5, 0.6) is 0 Å². The molecule has 1 N–H and O–H groups in total. The molecule has 0 saturated carbocycles. The lowest BCUT2D eigenvalue weighted by Gasteiger charge is -2.16. The molecule has 1 unspecified atom stereocenters. The van der Waals surface area contributed by atoms with Gasteiger partial charge in [-0.05, 0) is 37.6 Å². The number of hydrogen-bond acceptors (Lipinski definition) is 2. The van der Waals surface area contributed by atoms with Crippen LogP contribution in [0.4, 0.5) is 5.69 Å². The van der Waals surface area contributed by atoms with Crippen LogP contribution in [0.15, 0.2) is 18.2 Å². The van der Waals surface area contributed by atoms with Crippen molar-refractivity contribution >= 4 is 5.69 Å². The monoisotopic (exact) mass is 218 g/mol. The molecular formula is C14H22N2. The Morgan fingerprint density at radius 2 is 2.25 bits per heavy atom. The minimum atomic E-state index is 0.684. The summed E-state index contributed by atoms with van der Waals surface area (Å²) in [4.78, 5) is 2.41. The molecule has 0 aliphatic carbocycles. The summed E-state index contributed by atoms with van der Waals surface area (Å²) in [6, 6.07) is 6.78. The summed E-state index contributed by atoms with van der Waals surface area (Å²) in [5, 5.41) is 3.21. The molecule has 0 spiro atoms. The Labute approximate surface area is 98.7 Å². The van der Waals surface area contributed by atoms with Gasteiger partial charge in [0.15, 0.2) is 0 Å². The fourth-order valence-electron chi connectivity index (χ4n) is 2.73. The van der Waals surface area contributed by atoms with E-state index in [1.807, 2.05) is 7.05 Å². The highest BCUT2D eigenvalue weighted by Gasteiger charge is 2.24. The van der Waals surface area contributed by atoms with E-state index < -0.39 is 0 Å². The van der Waals surface area contributed by atoms with Crippen molar-refractivity contribution in [3.63, 3.8) is 0 Å². The number of likely N-dealkylation sites (N-methyl/N-ethyl adjacent to an activating group) is 1. The predicted octanol–water partition coefficient (Wildman–Crippen LogP) is 2.39. The van der Waals surface area contributed by atoms with Gasteiger partial charge in [0.25, 0.3) is 0 Å². The SMILES string of the molecule is CNCCCc1cccc2c1N(C)CC2C. The van der Waals surface area contributed by atoms with Crippen molar-refractivity contribution in [2.45, 2.75) is 25.7 Å². The number of nitrogens with zero attached hydrogens (tertiary/aromatic N) is 1. The van der Waals surface area contributed by atoms with E-state index in [1.165, 1.54) is 36.2 Å². The van der Waals surface area contributed by atoms with Gasteiger partial charge in [0.2, 0.25) is 0 Å². The van der Waals surface area contributed by atoms with Crippen LogP contribution in [0, 0.1) is 0 Å². The standard InChI is InChI=1S/C14H22N2/c1-11-10-16(3)14-12(7-5-9-15-2)6-4-8-13(11)14/h4,6,8,11,15H,5,7,9-10H2,1-3H3. The molecule has 0 amide bonds. The van der Waals surface area contributed by atoms with Crippen LogP contribution in [0.3, 0.4) is 0 Å². The highest BCUT2D eigenvalue weighted by molar-refractivity contribution is 5.64. The molecular weight excluding hydrogens is 196 g/mol. The van der Waals surface area contributed by atoms with Crippen molar-refractivity contribution in [1.82, 2.24) is 5.32 Å². The quantitative estimate of drug-likeness (QED) is 0.781. The third-order valence-corrected chi connectivity index (χ3v) is 3.48. The van der Waals surface area contributed by atoms with Crippen molar-refractivity contribution in [2.24, 2.45) is 0 Å². The number of para-hydroxylation sites is 1. The van der Waals surface area contributed by atoms with Gasteiger partial charge in [0.05, 0.1) is 0 Å². The fraction of sp³-hybridized carbons (Fsp3) is 0.571. The lowest BCUT2D eigenvalue weighted by molar-refractivity contribution is 0.724. The first kappa shape index (κ1) is 11.5. The summed E-state index contributed by atoms with van der Waals surface area (Å²) in [6.45, 7) is 4.58. The highest BCUT2D eigenvalue weighted by atomic mass is 15.1. The zero-order valence-electron chi connectivity index (χ0n) is 10.6. The molecule has 0 radical (unpaired) electrons. The Bertz CT molecular complexity index is 360. The van der Waals surface area contributed by atoms with E-state index in [9.17, 15) is 0 Å². The lowest BCUT2D eigenvalue weighted by atomic mass is 9.98. The molecule has 0 bridgehead atoms. The topological polar surface area (TPSA) is 15.3 Å². The molecule has 2 heteroatoms. The molecule has 2 rings (SSSR count). The van der Waals surface area contributed by atoms with E-state index in [2.05, 4.69) is 42.4 Å². The molecule has 2 nitrogen and oxygen atoms in total. The minimum Gasteiger partial charge on any atom is -0.374 e. The number of aryl methyl sites for hydroxylation is 1. The van der Waals surface area contributed by atoms with Crippen molar-refractivity contribution in [1.29, 1.82) is 0 Å². The van der Waals surface area contributed by atoms with Crippen molar-refractivity contribution in [3.05, 3.63) is 29.3 Å². The van der Waals surface area contributed by atoms with Gasteiger partial charge in [0.1, 0.15) is 0 Å². The van der Waals surface area contributed by atoms with Crippen LogP contribution in [-0.4, -0.2) is 27.2 Å². The highest BCUT2D eigenvalue weighted by Crippen LogP contribution is 2.37. The van der Waals surface area contributed by atoms with E-state index in [0.29, 0.717) is 5.92 Å². The lowest BCUT2D eigenvalue weighted by Crippen LogP contribution is -2.16. The summed E-state index contributed by atoms with van der Waals surface area (Å²) < 4.78 is 0. The van der Waals surface area contributed by atoms with Crippen LogP contribution < -0.4 is 10.2 Å². The van der Waals surface area contributed by atoms with Crippen molar-refractivity contribution in [2.75, 3.05) is 32.1 Å². The van der Waals surface area contributed by atoms with Gasteiger partial charge < -0.3 is 10.2 Å². The van der Waals surface area contributed by atoms with Crippen LogP contribution in [0.2, 0.25) is 0 Å². The first-order chi connectivity index (χ1) is 7.74. The second kappa shape index (κ2) is 4.88. The molecule has 88 valence electrons. The maximum absolute atomic E-state index is 3.21. The molecule has 1 aliphatic heterocycles. The van der Waals surface area contributed by atoms with Crippen LogP contribution in [0.1, 0.15) is 30.4 Å². The first-order valence-electron chi connectivity index (χ1n) is 6.21. The zero-order chi connectivity index (χ0) is 11.5. The maximum atomic E-state index is 3.21. The predicted molar refractivity (Wildman–Crippen MR) is 70.4 cm³/mol. The van der Waals surface area contributed by atoms with E-state index in [4.69, 9.17) is 0 Å². The summed E-state index contributed by atoms with van der Waals surface area (Å²) in [7, 11) is 4.23. The Morgan fingerprint density at radius 1 is 1.44 bits per heavy atom. The fourth-order valence-corrected chi connectivity index (χ4v) is 2.73. The minimum absolute atomic E-state index is 0.684. The molecule has 0 fully saturated rings. The number of hydrogen-bond donors (Lipinski definition) is 1. The molecule has 1 aromatic rings. The maximum Gasteiger partial charge on any atom is 0.0432 e. The van der Waals surface area contributed by atoms with Crippen molar-refractivity contribution < 1.29 is 0 Å². The third kappa shape index (κ3) is 2.07. The molecule has 1 heterocycles. The second-order valence-corrected chi connectivity index (χ2v) is 4.84. The van der Waals surface area contributed by atoms with Gasteiger partial charge in [-0.1, -0.05) is 25.1 Å². The summed E-state index contributed by atoms with van der Waals surface area (Å²) in [5.41, 5.74) is 4.54. The Morgan fingerprint density at radius 3 is 3.00 bits per heavy atom. The average Bonchev–Trinajstić information content (AvgIpc) is 2.56. The van der Waals surface area contributed by atoms with Crippen LogP contribution >= 0.6 is 0 Å². The number of benzene rings is 1. The molecule has 0 aromatic heterocycles. The summed E-state index contributed by atoms with van der Waals surface area (Å²) in [5.74, 6) is 0.684. The normalized spacial score (nSPS) is 18.9. The van der Waals surface area contributed by atoms with E-state index in [1.54, 1.807) is 0 Å². The number of nitrogens with one attached hydrogen (secondary N) is 1. The Kier molecular flexibility index (Phi) is 3.49. The molecule has 1 aromatic carbocycles. The average molecular weight is 218 g/mol. The van der Waals surface area contributed by atoms with E-state index >= 15 is 0 Å². The number of fused-ring (bicyclic) bond motifs is 1. The van der Waals surface area contributed by atoms with Gasteiger partial charge in [-0.25, -0.2) is 0 Å². The van der Waals surface area contributed by atoms with Gasteiger partial charge in [0, 0.05) is 25.2 Å². The van der Waals surface area contributed by atoms with Gasteiger partial charge in [-0.2, -0.15) is 0 Å². The third-order valence-electron chi connectivity index (χ3n) is 3.48. The van der Waals surface area contributed by atoms with Crippen molar-refractivity contribution in [3.8, 4) is 0 Å². The van der Waals surface area contributed by atoms with Crippen LogP contribution in [-0.2, 0) is 6.42 Å². The van der Waals surface area contributed by atoms with E-state index in [0.717, 1.165) is 6.54 Å². The second-order valence-electron chi connectivity index (χ2n) is 4.84. The largest absolute Gasteiger partial charge is 0.374 e. The van der Waals surface area contributed by atoms with Gasteiger partial charge in [-0.3, -0.25) is 0 Å². The number of rotatable bonds is 4. The molecule has 1 atom stereocenters. The number of anilines is 1. The smallest absolute Gasteiger partial charge is 0.0432 e. The Balaban J connectivity index is 2.20. The molecule has 16 heavy (non-hydrogen) atoms. The van der Waals surface area contributed by atoms with E-state index in [-0.39, 0.29) is 0 Å². The van der Waals surface area contributed by atoms with Crippen LogP contribution in [0.25, 0.3) is 0 Å². The molecule has 1 aliphatic rings. The Hall–Kier alpha value is -1.02. The molecule has 0 saturated heterocycles. The summed E-state index contributed by atoms with van der Waals surface area (Å²) in [6.07, 6.45) is 2.40. The van der Waals surface area contributed by atoms with Gasteiger partial charge in [-0.15, -0.1) is 0 Å². The first-order valence-corrected chi connectivity index (χ1v) is 6.21. The summed E-state index contributed by atoms with van der Waals surface area (Å²) >= 11 is 0. The van der Waals surface area contributed by atoms with Gasteiger partial charge >= 0.3 is 0 Å².